The van der Waals surface area contributed by atoms with Gasteiger partial charge in [0.2, 0.25) is 5.75 Å². The monoisotopic (exact) mass is 325 g/mol. The summed E-state index contributed by atoms with van der Waals surface area (Å²) in [4.78, 5) is 0. The number of nitrogens with zero attached hydrogens (tertiary/aromatic N) is 3. The minimum atomic E-state index is 0.0403. The highest BCUT2D eigenvalue weighted by molar-refractivity contribution is 5.91. The molecule has 0 bridgehead atoms. The van der Waals surface area contributed by atoms with Crippen LogP contribution in [0.25, 0.3) is 11.6 Å². The summed E-state index contributed by atoms with van der Waals surface area (Å²) in [5, 5.41) is 24.9. The largest absolute Gasteiger partial charge is 0.493 e. The van der Waals surface area contributed by atoms with E-state index in [2.05, 4.69) is 10.2 Å². The van der Waals surface area contributed by atoms with Gasteiger partial charge in [-0.1, -0.05) is 0 Å². The molecule has 0 spiro atoms. The van der Waals surface area contributed by atoms with E-state index in [0.717, 1.165) is 0 Å². The fraction of sp³-hybridized carbons (Fsp3) is 0.188. The smallest absolute Gasteiger partial charge is 0.203 e. The lowest BCUT2D eigenvalue weighted by Gasteiger charge is -2.13. The Labute approximate surface area is 138 Å². The van der Waals surface area contributed by atoms with Gasteiger partial charge in [0, 0.05) is 0 Å². The normalized spacial score (nSPS) is 10.6. The fourth-order valence-corrected chi connectivity index (χ4v) is 2.18. The summed E-state index contributed by atoms with van der Waals surface area (Å²) in [6.45, 7) is 0. The molecule has 0 radical (unpaired) electrons. The molecule has 122 valence electrons. The third-order valence-corrected chi connectivity index (χ3v) is 3.29. The molecule has 24 heavy (non-hydrogen) atoms. The molecular formula is C16H15N5O3. The number of anilines is 1. The van der Waals surface area contributed by atoms with Gasteiger partial charge in [0.05, 0.1) is 32.6 Å². The molecule has 1 aromatic heterocycles. The second-order valence-corrected chi connectivity index (χ2v) is 4.60. The van der Waals surface area contributed by atoms with Crippen LogP contribution in [0.2, 0.25) is 0 Å². The summed E-state index contributed by atoms with van der Waals surface area (Å²) < 4.78 is 15.8. The number of aromatic amines is 1. The Hall–Kier alpha value is -3.65. The van der Waals surface area contributed by atoms with Crippen LogP contribution in [0.5, 0.6) is 17.2 Å². The van der Waals surface area contributed by atoms with E-state index in [-0.39, 0.29) is 22.6 Å². The maximum absolute atomic E-state index is 9.42. The molecule has 0 aliphatic rings. The van der Waals surface area contributed by atoms with Gasteiger partial charge in [-0.05, 0) is 23.8 Å². The third kappa shape index (κ3) is 2.94. The maximum Gasteiger partial charge on any atom is 0.203 e. The van der Waals surface area contributed by atoms with Gasteiger partial charge in [0.15, 0.2) is 17.3 Å². The van der Waals surface area contributed by atoms with E-state index in [1.165, 1.54) is 21.3 Å². The van der Waals surface area contributed by atoms with Gasteiger partial charge >= 0.3 is 0 Å². The van der Waals surface area contributed by atoms with Crippen molar-refractivity contribution in [1.29, 1.82) is 10.5 Å². The van der Waals surface area contributed by atoms with Crippen molar-refractivity contribution in [3.63, 3.8) is 0 Å². The Bertz CT molecular complexity index is 846. The van der Waals surface area contributed by atoms with Crippen molar-refractivity contribution in [1.82, 2.24) is 10.2 Å². The quantitative estimate of drug-likeness (QED) is 0.803. The van der Waals surface area contributed by atoms with Crippen LogP contribution in [-0.4, -0.2) is 31.5 Å². The fourth-order valence-electron chi connectivity index (χ4n) is 2.18. The number of ether oxygens (including phenoxy) is 3. The van der Waals surface area contributed by atoms with E-state index in [9.17, 15) is 5.26 Å². The molecule has 0 saturated carbocycles. The van der Waals surface area contributed by atoms with E-state index in [0.29, 0.717) is 22.8 Å². The first kappa shape index (κ1) is 16.7. The van der Waals surface area contributed by atoms with Gasteiger partial charge < -0.3 is 19.9 Å². The number of H-pyrrole nitrogens is 1. The third-order valence-electron chi connectivity index (χ3n) is 3.29. The van der Waals surface area contributed by atoms with E-state index in [1.54, 1.807) is 18.2 Å². The number of nitrogens with two attached hydrogens (primary N) is 1. The summed E-state index contributed by atoms with van der Waals surface area (Å²) in [5.74, 6) is 1.38. The van der Waals surface area contributed by atoms with Gasteiger partial charge in [-0.15, -0.1) is 0 Å². The number of benzene rings is 1. The zero-order chi connectivity index (χ0) is 17.7. The molecule has 0 atom stereocenters. The Morgan fingerprint density at radius 3 is 2.25 bits per heavy atom. The van der Waals surface area contributed by atoms with Crippen molar-refractivity contribution in [2.24, 2.45) is 0 Å². The van der Waals surface area contributed by atoms with Crippen molar-refractivity contribution >= 4 is 17.5 Å². The Morgan fingerprint density at radius 1 is 1.17 bits per heavy atom. The maximum atomic E-state index is 9.42. The lowest BCUT2D eigenvalue weighted by molar-refractivity contribution is 0.324. The van der Waals surface area contributed by atoms with E-state index < -0.39 is 0 Å². The first-order valence-corrected chi connectivity index (χ1v) is 6.75. The number of nitriles is 2. The second kappa shape index (κ2) is 7.07. The average Bonchev–Trinajstić information content (AvgIpc) is 2.98. The van der Waals surface area contributed by atoms with Gasteiger partial charge in [-0.2, -0.15) is 15.6 Å². The van der Waals surface area contributed by atoms with Crippen LogP contribution in [-0.2, 0) is 0 Å². The molecule has 0 aliphatic heterocycles. The molecule has 0 fully saturated rings. The predicted octanol–water partition coefficient (Wildman–Crippen LogP) is 1.95. The van der Waals surface area contributed by atoms with Gasteiger partial charge in [-0.25, -0.2) is 0 Å². The number of hydrogen-bond donors (Lipinski definition) is 2. The molecule has 3 N–H and O–H groups in total. The van der Waals surface area contributed by atoms with Gasteiger partial charge in [-0.3, -0.25) is 5.10 Å². The second-order valence-electron chi connectivity index (χ2n) is 4.60. The number of hydrogen-bond acceptors (Lipinski definition) is 7. The Balaban J connectivity index is 2.60. The first-order chi connectivity index (χ1) is 11.6. The van der Waals surface area contributed by atoms with Crippen LogP contribution in [0.3, 0.4) is 0 Å². The van der Waals surface area contributed by atoms with Crippen molar-refractivity contribution in [3.05, 3.63) is 29.0 Å². The van der Waals surface area contributed by atoms with Crippen LogP contribution in [0.4, 0.5) is 5.82 Å². The lowest BCUT2D eigenvalue weighted by Crippen LogP contribution is -1.96. The average molecular weight is 325 g/mol. The highest BCUT2D eigenvalue weighted by Gasteiger charge is 2.16. The first-order valence-electron chi connectivity index (χ1n) is 6.75. The molecule has 0 amide bonds. The van der Waals surface area contributed by atoms with E-state index in [4.69, 9.17) is 25.2 Å². The van der Waals surface area contributed by atoms with E-state index in [1.807, 2.05) is 12.1 Å². The number of nitrogens with one attached hydrogen (secondary N) is 1. The molecule has 8 nitrogen and oxygen atoms in total. The van der Waals surface area contributed by atoms with Crippen molar-refractivity contribution in [2.75, 3.05) is 27.1 Å². The number of rotatable bonds is 5. The number of aromatic nitrogens is 2. The van der Waals surface area contributed by atoms with Crippen LogP contribution in [0, 0.1) is 22.7 Å². The standard InChI is InChI=1S/C16H15N5O3/c1-22-12-5-9(6-13(23-2)15(12)24-3)4-10(7-17)14-11(8-18)16(19)21-20-14/h4-6H,1-3H3,(H3,19,20,21)/b10-4+. The van der Waals surface area contributed by atoms with Gasteiger partial charge in [0.25, 0.3) is 0 Å². The SMILES string of the molecule is COc1cc(/C=C(\C#N)c2[nH]nc(N)c2C#N)cc(OC)c1OC. The minimum Gasteiger partial charge on any atom is -0.493 e. The van der Waals surface area contributed by atoms with Crippen molar-refractivity contribution in [3.8, 4) is 29.4 Å². The number of allylic oxidation sites excluding steroid dienone is 1. The molecule has 8 heteroatoms. The zero-order valence-corrected chi connectivity index (χ0v) is 13.4. The molecule has 0 aliphatic carbocycles. The summed E-state index contributed by atoms with van der Waals surface area (Å²) >= 11 is 0. The number of methoxy groups -OCH3 is 3. The topological polar surface area (TPSA) is 130 Å². The summed E-state index contributed by atoms with van der Waals surface area (Å²) in [7, 11) is 4.50. The summed E-state index contributed by atoms with van der Waals surface area (Å²) in [5.41, 5.74) is 6.81. The number of nitrogen functional groups attached to an aromatic ring is 1. The zero-order valence-electron chi connectivity index (χ0n) is 13.4. The molecule has 1 aromatic carbocycles. The Morgan fingerprint density at radius 2 is 1.79 bits per heavy atom. The predicted molar refractivity (Wildman–Crippen MR) is 87.3 cm³/mol. The summed E-state index contributed by atoms with van der Waals surface area (Å²) in [6.07, 6.45) is 1.57. The van der Waals surface area contributed by atoms with Crippen LogP contribution < -0.4 is 19.9 Å². The minimum absolute atomic E-state index is 0.0403. The molecule has 0 saturated heterocycles. The van der Waals surface area contributed by atoms with Crippen LogP contribution in [0.1, 0.15) is 16.8 Å². The highest BCUT2D eigenvalue weighted by atomic mass is 16.5. The van der Waals surface area contributed by atoms with E-state index >= 15 is 0 Å². The van der Waals surface area contributed by atoms with Crippen molar-refractivity contribution in [2.45, 2.75) is 0 Å². The molecule has 2 rings (SSSR count). The van der Waals surface area contributed by atoms with Crippen molar-refractivity contribution < 1.29 is 14.2 Å². The summed E-state index contributed by atoms with van der Waals surface area (Å²) in [6, 6.07) is 7.33. The molecular weight excluding hydrogens is 310 g/mol. The van der Waals surface area contributed by atoms with Crippen LogP contribution >= 0.6 is 0 Å². The molecule has 2 aromatic rings. The Kier molecular flexibility index (Phi) is 4.93. The highest BCUT2D eigenvalue weighted by Crippen LogP contribution is 2.39. The van der Waals surface area contributed by atoms with Crippen LogP contribution in [0.15, 0.2) is 12.1 Å². The molecule has 0 unspecified atom stereocenters. The van der Waals surface area contributed by atoms with Gasteiger partial charge in [0.1, 0.15) is 17.7 Å². The lowest BCUT2D eigenvalue weighted by atomic mass is 10.1. The molecule has 1 heterocycles.